The van der Waals surface area contributed by atoms with Crippen LogP contribution in [0.1, 0.15) is 23.6 Å². The van der Waals surface area contributed by atoms with Crippen LogP contribution in [0.4, 0.5) is 0 Å². The van der Waals surface area contributed by atoms with Crippen molar-refractivity contribution >= 4 is 15.8 Å². The van der Waals surface area contributed by atoms with Gasteiger partial charge in [-0.3, -0.25) is 0 Å². The van der Waals surface area contributed by atoms with Gasteiger partial charge >= 0.3 is 0 Å². The lowest BCUT2D eigenvalue weighted by Crippen LogP contribution is -2.36. The highest BCUT2D eigenvalue weighted by Gasteiger charge is 2.11. The van der Waals surface area contributed by atoms with Crippen LogP contribution in [0.15, 0.2) is 46.4 Å². The maximum atomic E-state index is 11.7. The van der Waals surface area contributed by atoms with Crippen LogP contribution in [0, 0.1) is 6.92 Å². The van der Waals surface area contributed by atoms with E-state index in [2.05, 4.69) is 20.6 Å². The number of hydrogen-bond donors (Lipinski definition) is 2. The first kappa shape index (κ1) is 20.7. The maximum absolute atomic E-state index is 11.7. The monoisotopic (exact) mass is 390 g/mol. The Labute approximate surface area is 160 Å². The molecule has 0 radical (unpaired) electrons. The van der Waals surface area contributed by atoms with E-state index in [1.165, 1.54) is 6.26 Å². The molecule has 0 aliphatic rings. The smallest absolute Gasteiger partial charge is 0.218 e. The molecule has 8 heteroatoms. The largest absolute Gasteiger partial charge is 0.481 e. The summed E-state index contributed by atoms with van der Waals surface area (Å²) in [5, 5.41) is 6.45. The summed E-state index contributed by atoms with van der Waals surface area (Å²) in [5.41, 5.74) is 2.60. The average Bonchev–Trinajstić information content (AvgIpc) is 2.63. The van der Waals surface area contributed by atoms with E-state index in [0.29, 0.717) is 29.8 Å². The van der Waals surface area contributed by atoms with Crippen LogP contribution in [-0.4, -0.2) is 39.3 Å². The molecule has 0 unspecified atom stereocenters. The van der Waals surface area contributed by atoms with Crippen LogP contribution in [0.5, 0.6) is 5.88 Å². The Bertz CT molecular complexity index is 911. The summed E-state index contributed by atoms with van der Waals surface area (Å²) < 4.78 is 28.7. The highest BCUT2D eigenvalue weighted by molar-refractivity contribution is 7.90. The number of benzene rings is 1. The van der Waals surface area contributed by atoms with Gasteiger partial charge in [-0.15, -0.1) is 0 Å². The molecule has 2 rings (SSSR count). The van der Waals surface area contributed by atoms with E-state index >= 15 is 0 Å². The van der Waals surface area contributed by atoms with Gasteiger partial charge in [-0.2, -0.15) is 0 Å². The molecule has 0 saturated carbocycles. The number of nitrogens with one attached hydrogen (secondary N) is 2. The number of aryl methyl sites for hydroxylation is 1. The minimum Gasteiger partial charge on any atom is -0.481 e. The molecule has 2 N–H and O–H groups in total. The van der Waals surface area contributed by atoms with Gasteiger partial charge in [0.15, 0.2) is 15.8 Å². The third kappa shape index (κ3) is 5.96. The Morgan fingerprint density at radius 2 is 2.04 bits per heavy atom. The number of sulfone groups is 1. The number of methoxy groups -OCH3 is 1. The zero-order valence-electron chi connectivity index (χ0n) is 16.1. The van der Waals surface area contributed by atoms with E-state index in [-0.39, 0.29) is 0 Å². The number of rotatable bonds is 7. The van der Waals surface area contributed by atoms with Crippen LogP contribution in [0.25, 0.3) is 0 Å². The van der Waals surface area contributed by atoms with Crippen molar-refractivity contribution in [2.45, 2.75) is 31.8 Å². The Balaban J connectivity index is 2.10. The van der Waals surface area contributed by atoms with Crippen LogP contribution in [-0.2, 0) is 22.9 Å². The molecule has 0 aliphatic heterocycles. The first-order valence-corrected chi connectivity index (χ1v) is 10.5. The Hall–Kier alpha value is -2.61. The van der Waals surface area contributed by atoms with Gasteiger partial charge in [0, 0.05) is 31.1 Å². The fourth-order valence-electron chi connectivity index (χ4n) is 2.66. The number of hydrogen-bond acceptors (Lipinski definition) is 5. The van der Waals surface area contributed by atoms with E-state index in [4.69, 9.17) is 4.74 Å². The summed E-state index contributed by atoms with van der Waals surface area (Å²) in [6.45, 7) is 5.47. The van der Waals surface area contributed by atoms with Crippen molar-refractivity contribution in [3.63, 3.8) is 0 Å². The van der Waals surface area contributed by atoms with Gasteiger partial charge < -0.3 is 15.4 Å². The van der Waals surface area contributed by atoms with Gasteiger partial charge in [-0.05, 0) is 37.1 Å². The Morgan fingerprint density at radius 3 is 2.67 bits per heavy atom. The second kappa shape index (κ2) is 9.36. The minimum atomic E-state index is -3.21. The van der Waals surface area contributed by atoms with Crippen molar-refractivity contribution in [1.29, 1.82) is 0 Å². The highest BCUT2D eigenvalue weighted by Crippen LogP contribution is 2.17. The van der Waals surface area contributed by atoms with Gasteiger partial charge in [0.25, 0.3) is 0 Å². The lowest BCUT2D eigenvalue weighted by molar-refractivity contribution is 0.392. The molecular formula is C19H26N4O3S. The highest BCUT2D eigenvalue weighted by atomic mass is 32.2. The number of ether oxygens (including phenoxy) is 1. The Morgan fingerprint density at radius 1 is 1.26 bits per heavy atom. The molecule has 1 aromatic carbocycles. The third-order valence-corrected chi connectivity index (χ3v) is 5.15. The van der Waals surface area contributed by atoms with E-state index < -0.39 is 9.84 Å². The van der Waals surface area contributed by atoms with Gasteiger partial charge in [0.05, 0.1) is 18.6 Å². The number of aromatic nitrogens is 1. The quantitative estimate of drug-likeness (QED) is 0.555. The van der Waals surface area contributed by atoms with Crippen molar-refractivity contribution in [3.05, 3.63) is 53.2 Å². The van der Waals surface area contributed by atoms with Gasteiger partial charge in [-0.1, -0.05) is 18.2 Å². The molecule has 0 spiro atoms. The van der Waals surface area contributed by atoms with Crippen LogP contribution < -0.4 is 15.4 Å². The average molecular weight is 391 g/mol. The van der Waals surface area contributed by atoms with Crippen LogP contribution in [0.3, 0.4) is 0 Å². The molecule has 1 aromatic heterocycles. The standard InChI is InChI=1S/C19H26N4O3S/c1-5-20-19(23-13-16-7-6-10-21-18(16)26-3)22-12-15-8-9-17(14(2)11-15)27(4,24)25/h6-11H,5,12-13H2,1-4H3,(H2,20,22,23). The van der Waals surface area contributed by atoms with Gasteiger partial charge in [-0.25, -0.2) is 18.4 Å². The molecule has 0 amide bonds. The molecule has 27 heavy (non-hydrogen) atoms. The molecule has 0 aliphatic carbocycles. The Kier molecular flexibility index (Phi) is 7.18. The molecule has 2 aromatic rings. The van der Waals surface area contributed by atoms with Crippen LogP contribution >= 0.6 is 0 Å². The van der Waals surface area contributed by atoms with E-state index in [9.17, 15) is 8.42 Å². The van der Waals surface area contributed by atoms with Gasteiger partial charge in [0.1, 0.15) is 0 Å². The second-order valence-corrected chi connectivity index (χ2v) is 8.08. The van der Waals surface area contributed by atoms with Crippen molar-refractivity contribution in [1.82, 2.24) is 15.6 Å². The van der Waals surface area contributed by atoms with E-state index in [1.54, 1.807) is 32.4 Å². The SMILES string of the molecule is CCNC(=NCc1ccc(S(C)(=O)=O)c(C)c1)NCc1cccnc1OC. The van der Waals surface area contributed by atoms with Gasteiger partial charge in [0.2, 0.25) is 5.88 Å². The predicted molar refractivity (Wildman–Crippen MR) is 107 cm³/mol. The van der Waals surface area contributed by atoms with Crippen molar-refractivity contribution in [3.8, 4) is 5.88 Å². The molecule has 0 saturated heterocycles. The first-order chi connectivity index (χ1) is 12.8. The van der Waals surface area contributed by atoms with E-state index in [1.807, 2.05) is 25.1 Å². The number of aliphatic imine (C=N–C) groups is 1. The molecule has 0 atom stereocenters. The first-order valence-electron chi connectivity index (χ1n) is 8.64. The normalized spacial score (nSPS) is 11.9. The number of pyridine rings is 1. The maximum Gasteiger partial charge on any atom is 0.218 e. The van der Waals surface area contributed by atoms with Crippen molar-refractivity contribution < 1.29 is 13.2 Å². The molecule has 0 bridgehead atoms. The molecule has 146 valence electrons. The second-order valence-electron chi connectivity index (χ2n) is 6.09. The number of nitrogens with zero attached hydrogens (tertiary/aromatic N) is 2. The lowest BCUT2D eigenvalue weighted by atomic mass is 10.1. The topological polar surface area (TPSA) is 92.7 Å². The fraction of sp³-hybridized carbons (Fsp3) is 0.368. The summed E-state index contributed by atoms with van der Waals surface area (Å²) in [6.07, 6.45) is 2.90. The molecular weight excluding hydrogens is 364 g/mol. The predicted octanol–water partition coefficient (Wildman–Crippen LogP) is 2.06. The van der Waals surface area contributed by atoms with Crippen LogP contribution in [0.2, 0.25) is 0 Å². The van der Waals surface area contributed by atoms with Crippen molar-refractivity contribution in [2.75, 3.05) is 19.9 Å². The summed E-state index contributed by atoms with van der Waals surface area (Å²) in [4.78, 5) is 9.10. The summed E-state index contributed by atoms with van der Waals surface area (Å²) in [5.74, 6) is 1.24. The third-order valence-electron chi connectivity index (χ3n) is 3.89. The molecule has 1 heterocycles. The summed E-state index contributed by atoms with van der Waals surface area (Å²) in [6, 6.07) is 9.08. The summed E-state index contributed by atoms with van der Waals surface area (Å²) in [7, 11) is -1.62. The molecule has 7 nitrogen and oxygen atoms in total. The zero-order valence-corrected chi connectivity index (χ0v) is 16.9. The fourth-order valence-corrected chi connectivity index (χ4v) is 3.62. The molecule has 0 fully saturated rings. The lowest BCUT2D eigenvalue weighted by Gasteiger charge is -2.13. The number of guanidine groups is 1. The minimum absolute atomic E-state index is 0.351. The van der Waals surface area contributed by atoms with Crippen molar-refractivity contribution in [2.24, 2.45) is 4.99 Å². The zero-order chi connectivity index (χ0) is 19.9. The summed E-state index contributed by atoms with van der Waals surface area (Å²) >= 11 is 0. The van der Waals surface area contributed by atoms with E-state index in [0.717, 1.165) is 23.2 Å².